The second kappa shape index (κ2) is 10.1. The summed E-state index contributed by atoms with van der Waals surface area (Å²) in [5.41, 5.74) is 2.37. The summed E-state index contributed by atoms with van der Waals surface area (Å²) in [6.45, 7) is 0.100. The molecule has 1 N–H and O–H groups in total. The summed E-state index contributed by atoms with van der Waals surface area (Å²) in [6, 6.07) is 29.0. The van der Waals surface area contributed by atoms with Gasteiger partial charge in [-0.2, -0.15) is 4.31 Å². The van der Waals surface area contributed by atoms with Crippen molar-refractivity contribution in [2.75, 3.05) is 5.32 Å². The van der Waals surface area contributed by atoms with Crippen molar-refractivity contribution < 1.29 is 17.9 Å². The third-order valence-corrected chi connectivity index (χ3v) is 8.15. The summed E-state index contributed by atoms with van der Waals surface area (Å²) >= 11 is 5.96. The highest BCUT2D eigenvalue weighted by Crippen LogP contribution is 2.31. The number of ether oxygens (including phenoxy) is 1. The number of anilines is 1. The van der Waals surface area contributed by atoms with Gasteiger partial charge in [0.05, 0.1) is 4.90 Å². The van der Waals surface area contributed by atoms with E-state index in [-0.39, 0.29) is 17.9 Å². The van der Waals surface area contributed by atoms with Gasteiger partial charge in [-0.15, -0.1) is 0 Å². The number of carbonyl (C=O) groups is 1. The van der Waals surface area contributed by atoms with Crippen LogP contribution >= 0.6 is 11.6 Å². The van der Waals surface area contributed by atoms with Crippen LogP contribution in [0.5, 0.6) is 11.5 Å². The van der Waals surface area contributed by atoms with Crippen molar-refractivity contribution in [1.29, 1.82) is 0 Å². The van der Waals surface area contributed by atoms with Gasteiger partial charge in [0.25, 0.3) is 0 Å². The second-order valence-electron chi connectivity index (χ2n) is 8.42. The van der Waals surface area contributed by atoms with Gasteiger partial charge >= 0.3 is 0 Å². The summed E-state index contributed by atoms with van der Waals surface area (Å²) in [6.07, 6.45) is 0.268. The van der Waals surface area contributed by atoms with E-state index >= 15 is 0 Å². The minimum Gasteiger partial charge on any atom is -0.457 e. The number of para-hydroxylation sites is 1. The Balaban J connectivity index is 1.39. The van der Waals surface area contributed by atoms with Gasteiger partial charge in [0.2, 0.25) is 15.9 Å². The molecule has 5 rings (SSSR count). The van der Waals surface area contributed by atoms with Gasteiger partial charge < -0.3 is 10.1 Å². The molecule has 0 aliphatic carbocycles. The molecule has 0 bridgehead atoms. The van der Waals surface area contributed by atoms with Gasteiger partial charge in [-0.1, -0.05) is 54.1 Å². The Bertz CT molecular complexity index is 1470. The first-order chi connectivity index (χ1) is 17.4. The molecule has 1 aliphatic heterocycles. The van der Waals surface area contributed by atoms with Gasteiger partial charge in [0.1, 0.15) is 17.5 Å². The number of hydrogen-bond donors (Lipinski definition) is 1. The number of fused-ring (bicyclic) bond motifs is 1. The molecule has 0 fully saturated rings. The highest BCUT2D eigenvalue weighted by molar-refractivity contribution is 7.89. The molecule has 4 aromatic carbocycles. The van der Waals surface area contributed by atoms with Crippen LogP contribution < -0.4 is 10.1 Å². The Morgan fingerprint density at radius 2 is 1.42 bits per heavy atom. The van der Waals surface area contributed by atoms with Gasteiger partial charge in [0.15, 0.2) is 0 Å². The van der Waals surface area contributed by atoms with Crippen molar-refractivity contribution in [2.45, 2.75) is 23.9 Å². The minimum absolute atomic E-state index is 0.0893. The van der Waals surface area contributed by atoms with E-state index in [4.69, 9.17) is 16.3 Å². The molecule has 1 aliphatic rings. The first-order valence-electron chi connectivity index (χ1n) is 11.4. The molecule has 6 nitrogen and oxygen atoms in total. The number of rotatable bonds is 6. The van der Waals surface area contributed by atoms with Crippen LogP contribution in [-0.4, -0.2) is 24.7 Å². The van der Waals surface area contributed by atoms with Crippen LogP contribution in [0.4, 0.5) is 5.69 Å². The van der Waals surface area contributed by atoms with Crippen molar-refractivity contribution in [1.82, 2.24) is 4.31 Å². The molecule has 0 aromatic heterocycles. The number of sulfonamides is 1. The Morgan fingerprint density at radius 3 is 2.11 bits per heavy atom. The Hall–Kier alpha value is -3.65. The van der Waals surface area contributed by atoms with Crippen molar-refractivity contribution in [3.63, 3.8) is 0 Å². The Labute approximate surface area is 215 Å². The maximum Gasteiger partial charge on any atom is 0.244 e. The molecule has 1 unspecified atom stereocenters. The zero-order valence-corrected chi connectivity index (χ0v) is 20.7. The topological polar surface area (TPSA) is 75.7 Å². The largest absolute Gasteiger partial charge is 0.457 e. The van der Waals surface area contributed by atoms with Crippen LogP contribution in [0.1, 0.15) is 11.1 Å². The van der Waals surface area contributed by atoms with Crippen LogP contribution in [0, 0.1) is 0 Å². The first kappa shape index (κ1) is 24.1. The maximum atomic E-state index is 13.6. The van der Waals surface area contributed by atoms with Crippen LogP contribution in [0.25, 0.3) is 0 Å². The smallest absolute Gasteiger partial charge is 0.244 e. The molecule has 4 aromatic rings. The predicted molar refractivity (Wildman–Crippen MR) is 140 cm³/mol. The quantitative estimate of drug-likeness (QED) is 0.345. The fraction of sp³-hybridized carbons (Fsp3) is 0.107. The zero-order chi connectivity index (χ0) is 25.1. The van der Waals surface area contributed by atoms with Crippen LogP contribution in [0.3, 0.4) is 0 Å². The summed E-state index contributed by atoms with van der Waals surface area (Å²) < 4.78 is 34.2. The highest BCUT2D eigenvalue weighted by Gasteiger charge is 2.39. The average Bonchev–Trinajstić information content (AvgIpc) is 2.90. The molecule has 36 heavy (non-hydrogen) atoms. The van der Waals surface area contributed by atoms with Gasteiger partial charge in [-0.3, -0.25) is 4.79 Å². The molecular formula is C28H23ClN2O4S. The number of amides is 1. The fourth-order valence-corrected chi connectivity index (χ4v) is 5.86. The molecule has 0 saturated heterocycles. The number of nitrogens with one attached hydrogen (secondary N) is 1. The monoisotopic (exact) mass is 518 g/mol. The van der Waals surface area contributed by atoms with E-state index in [9.17, 15) is 13.2 Å². The molecule has 182 valence electrons. The first-order valence-corrected chi connectivity index (χ1v) is 13.2. The van der Waals surface area contributed by atoms with Crippen molar-refractivity contribution >= 4 is 33.2 Å². The van der Waals surface area contributed by atoms with Crippen molar-refractivity contribution in [3.8, 4) is 11.5 Å². The third kappa shape index (κ3) is 5.14. The summed E-state index contributed by atoms with van der Waals surface area (Å²) in [5.74, 6) is 0.926. The minimum atomic E-state index is -3.96. The van der Waals surface area contributed by atoms with E-state index < -0.39 is 22.0 Å². The van der Waals surface area contributed by atoms with E-state index in [0.29, 0.717) is 22.2 Å². The normalized spacial score (nSPS) is 15.6. The molecule has 0 radical (unpaired) electrons. The van der Waals surface area contributed by atoms with E-state index in [1.807, 2.05) is 54.6 Å². The molecule has 1 amide bonds. The highest BCUT2D eigenvalue weighted by atomic mass is 35.5. The lowest BCUT2D eigenvalue weighted by Gasteiger charge is -2.35. The summed E-state index contributed by atoms with van der Waals surface area (Å²) in [7, 11) is -3.96. The van der Waals surface area contributed by atoms with Crippen molar-refractivity contribution in [2.24, 2.45) is 0 Å². The van der Waals surface area contributed by atoms with Gasteiger partial charge in [-0.05, 0) is 78.2 Å². The lowest BCUT2D eigenvalue weighted by atomic mass is 9.95. The molecule has 1 atom stereocenters. The summed E-state index contributed by atoms with van der Waals surface area (Å²) in [4.78, 5) is 13.5. The second-order valence-corrected chi connectivity index (χ2v) is 10.7. The van der Waals surface area contributed by atoms with E-state index in [2.05, 4.69) is 5.32 Å². The molecule has 0 saturated carbocycles. The van der Waals surface area contributed by atoms with Crippen LogP contribution in [-0.2, 0) is 27.8 Å². The fourth-order valence-electron chi connectivity index (χ4n) is 4.17. The Kier molecular flexibility index (Phi) is 6.78. The lowest BCUT2D eigenvalue weighted by Crippen LogP contribution is -2.50. The van der Waals surface area contributed by atoms with E-state index in [0.717, 1.165) is 11.1 Å². The predicted octanol–water partition coefficient (Wildman–Crippen LogP) is 5.89. The zero-order valence-electron chi connectivity index (χ0n) is 19.2. The lowest BCUT2D eigenvalue weighted by molar-refractivity contribution is -0.120. The molecule has 0 spiro atoms. The average molecular weight is 519 g/mol. The van der Waals surface area contributed by atoms with Gasteiger partial charge in [0, 0.05) is 17.3 Å². The number of hydrogen-bond acceptors (Lipinski definition) is 4. The number of nitrogens with zero attached hydrogens (tertiary/aromatic N) is 1. The van der Waals surface area contributed by atoms with Gasteiger partial charge in [-0.25, -0.2) is 8.42 Å². The van der Waals surface area contributed by atoms with E-state index in [1.165, 1.54) is 28.6 Å². The van der Waals surface area contributed by atoms with Crippen molar-refractivity contribution in [3.05, 3.63) is 119 Å². The maximum absolute atomic E-state index is 13.6. The van der Waals surface area contributed by atoms with Crippen LogP contribution in [0.15, 0.2) is 108 Å². The molecule has 8 heteroatoms. The number of halogens is 1. The number of carbonyl (C=O) groups excluding carboxylic acids is 1. The molecule has 1 heterocycles. The summed E-state index contributed by atoms with van der Waals surface area (Å²) in [5, 5.41) is 3.31. The Morgan fingerprint density at radius 1 is 0.806 bits per heavy atom. The third-order valence-electron chi connectivity index (χ3n) is 6.03. The standard InChI is InChI=1S/C28H23ClN2O4S/c29-22-10-16-26(17-11-22)36(33,34)31-19-21-7-5-4-6-20(21)18-27(31)28(32)30-23-12-14-25(15-13-23)35-24-8-2-1-3-9-24/h1-17,27H,18-19H2,(H,30,32). The van der Waals surface area contributed by atoms with Crippen LogP contribution in [0.2, 0.25) is 5.02 Å². The SMILES string of the molecule is O=C(Nc1ccc(Oc2ccccc2)cc1)C1Cc2ccccc2CN1S(=O)(=O)c1ccc(Cl)cc1. The number of benzene rings is 4. The van der Waals surface area contributed by atoms with E-state index in [1.54, 1.807) is 24.3 Å². The molecular weight excluding hydrogens is 496 g/mol.